The number of nitrogens with one attached hydrogen (secondary N) is 1. The van der Waals surface area contributed by atoms with Crippen molar-refractivity contribution in [1.82, 2.24) is 5.32 Å². The predicted octanol–water partition coefficient (Wildman–Crippen LogP) is -1.17. The summed E-state index contributed by atoms with van der Waals surface area (Å²) in [5.41, 5.74) is 5.22. The van der Waals surface area contributed by atoms with Crippen LogP contribution in [0.2, 0.25) is 0 Å². The van der Waals surface area contributed by atoms with Crippen molar-refractivity contribution >= 4 is 5.91 Å². The van der Waals surface area contributed by atoms with Gasteiger partial charge in [0.25, 0.3) is 0 Å². The van der Waals surface area contributed by atoms with Gasteiger partial charge < -0.3 is 16.2 Å². The van der Waals surface area contributed by atoms with Crippen molar-refractivity contribution < 1.29 is 9.90 Å². The molecule has 4 nitrogen and oxygen atoms in total. The van der Waals surface area contributed by atoms with E-state index in [0.717, 1.165) is 0 Å². The van der Waals surface area contributed by atoms with Crippen LogP contribution in [-0.2, 0) is 4.79 Å². The summed E-state index contributed by atoms with van der Waals surface area (Å²) in [7, 11) is 0. The SMILES string of the molecule is C[C@H](CN)NC(=O)[C@H](C)O. The number of amides is 1. The quantitative estimate of drug-likeness (QED) is 0.469. The molecule has 0 heterocycles. The molecule has 2 atom stereocenters. The molecule has 0 unspecified atom stereocenters. The molecule has 0 saturated carbocycles. The average molecular weight is 146 g/mol. The van der Waals surface area contributed by atoms with Gasteiger partial charge in [-0.25, -0.2) is 0 Å². The smallest absolute Gasteiger partial charge is 0.248 e. The Morgan fingerprint density at radius 2 is 2.20 bits per heavy atom. The van der Waals surface area contributed by atoms with Gasteiger partial charge in [-0.15, -0.1) is 0 Å². The molecule has 4 heteroatoms. The van der Waals surface area contributed by atoms with Crippen LogP contribution in [0.15, 0.2) is 0 Å². The van der Waals surface area contributed by atoms with Crippen molar-refractivity contribution in [2.45, 2.75) is 26.0 Å². The molecule has 0 aromatic rings. The summed E-state index contributed by atoms with van der Waals surface area (Å²) in [6.07, 6.45) is -0.950. The molecule has 0 aromatic heterocycles. The minimum absolute atomic E-state index is 0.0675. The number of aliphatic hydroxyl groups excluding tert-OH is 1. The zero-order valence-electron chi connectivity index (χ0n) is 6.29. The number of carbonyl (C=O) groups excluding carboxylic acids is 1. The Labute approximate surface area is 60.4 Å². The summed E-state index contributed by atoms with van der Waals surface area (Å²) in [5, 5.41) is 11.2. The van der Waals surface area contributed by atoms with E-state index in [4.69, 9.17) is 10.8 Å². The van der Waals surface area contributed by atoms with E-state index in [9.17, 15) is 4.79 Å². The Morgan fingerprint density at radius 3 is 2.50 bits per heavy atom. The van der Waals surface area contributed by atoms with E-state index >= 15 is 0 Å². The number of aliphatic hydroxyl groups is 1. The van der Waals surface area contributed by atoms with Crippen LogP contribution in [0.1, 0.15) is 13.8 Å². The molecule has 0 aliphatic carbocycles. The van der Waals surface area contributed by atoms with E-state index in [2.05, 4.69) is 5.32 Å². The van der Waals surface area contributed by atoms with Gasteiger partial charge in [0, 0.05) is 12.6 Å². The van der Waals surface area contributed by atoms with E-state index in [1.54, 1.807) is 6.92 Å². The number of carbonyl (C=O) groups is 1. The first-order valence-electron chi connectivity index (χ1n) is 3.26. The van der Waals surface area contributed by atoms with Crippen LogP contribution in [0, 0.1) is 0 Å². The molecule has 0 bridgehead atoms. The maximum Gasteiger partial charge on any atom is 0.248 e. The molecule has 0 radical (unpaired) electrons. The van der Waals surface area contributed by atoms with Gasteiger partial charge in [-0.3, -0.25) is 4.79 Å². The van der Waals surface area contributed by atoms with Crippen molar-refractivity contribution in [2.24, 2.45) is 5.73 Å². The van der Waals surface area contributed by atoms with E-state index in [-0.39, 0.29) is 11.9 Å². The summed E-state index contributed by atoms with van der Waals surface area (Å²) < 4.78 is 0. The molecule has 1 amide bonds. The van der Waals surface area contributed by atoms with Crippen LogP contribution >= 0.6 is 0 Å². The normalized spacial score (nSPS) is 16.0. The highest BCUT2D eigenvalue weighted by Crippen LogP contribution is 1.82. The van der Waals surface area contributed by atoms with Crippen molar-refractivity contribution in [2.75, 3.05) is 6.54 Å². The van der Waals surface area contributed by atoms with Gasteiger partial charge in [-0.05, 0) is 13.8 Å². The first-order chi connectivity index (χ1) is 4.57. The zero-order chi connectivity index (χ0) is 8.15. The second kappa shape index (κ2) is 4.24. The highest BCUT2D eigenvalue weighted by molar-refractivity contribution is 5.80. The second-order valence-electron chi connectivity index (χ2n) is 2.32. The fraction of sp³-hybridized carbons (Fsp3) is 0.833. The van der Waals surface area contributed by atoms with Gasteiger partial charge in [0.15, 0.2) is 0 Å². The van der Waals surface area contributed by atoms with Crippen LogP contribution in [-0.4, -0.2) is 29.7 Å². The summed E-state index contributed by atoms with van der Waals surface area (Å²) in [6, 6.07) is -0.0675. The Balaban J connectivity index is 3.57. The molecule has 60 valence electrons. The zero-order valence-corrected chi connectivity index (χ0v) is 6.29. The van der Waals surface area contributed by atoms with Gasteiger partial charge in [-0.2, -0.15) is 0 Å². The van der Waals surface area contributed by atoms with Crippen LogP contribution < -0.4 is 11.1 Å². The molecule has 0 aromatic carbocycles. The summed E-state index contributed by atoms with van der Waals surface area (Å²) in [6.45, 7) is 3.58. The maximum absolute atomic E-state index is 10.7. The first-order valence-corrected chi connectivity index (χ1v) is 3.26. The Hall–Kier alpha value is -0.610. The number of hydrogen-bond acceptors (Lipinski definition) is 3. The maximum atomic E-state index is 10.7. The van der Waals surface area contributed by atoms with Crippen LogP contribution in [0.4, 0.5) is 0 Å². The number of rotatable bonds is 3. The van der Waals surface area contributed by atoms with Crippen LogP contribution in [0.5, 0.6) is 0 Å². The molecular weight excluding hydrogens is 132 g/mol. The summed E-state index contributed by atoms with van der Waals surface area (Å²) in [4.78, 5) is 10.7. The van der Waals surface area contributed by atoms with E-state index in [1.807, 2.05) is 0 Å². The van der Waals surface area contributed by atoms with E-state index in [1.165, 1.54) is 6.92 Å². The molecular formula is C6H14N2O2. The van der Waals surface area contributed by atoms with Crippen molar-refractivity contribution in [3.63, 3.8) is 0 Å². The Kier molecular flexibility index (Phi) is 3.99. The molecule has 0 spiro atoms. The Morgan fingerprint density at radius 1 is 1.70 bits per heavy atom. The standard InChI is InChI=1S/C6H14N2O2/c1-4(3-7)8-6(10)5(2)9/h4-5,9H,3,7H2,1-2H3,(H,8,10)/t4-,5+/m1/s1. The lowest BCUT2D eigenvalue weighted by atomic mass is 10.3. The average Bonchev–Trinajstić information content (AvgIpc) is 1.87. The first kappa shape index (κ1) is 9.39. The highest BCUT2D eigenvalue weighted by atomic mass is 16.3. The second-order valence-corrected chi connectivity index (χ2v) is 2.32. The van der Waals surface area contributed by atoms with Crippen molar-refractivity contribution in [1.29, 1.82) is 0 Å². The predicted molar refractivity (Wildman–Crippen MR) is 38.3 cm³/mol. The minimum atomic E-state index is -0.950. The lowest BCUT2D eigenvalue weighted by Gasteiger charge is -2.11. The third-order valence-electron chi connectivity index (χ3n) is 1.12. The molecule has 10 heavy (non-hydrogen) atoms. The summed E-state index contributed by atoms with van der Waals surface area (Å²) >= 11 is 0. The van der Waals surface area contributed by atoms with Gasteiger partial charge in [0.2, 0.25) is 5.91 Å². The molecule has 0 saturated heterocycles. The third kappa shape index (κ3) is 3.42. The highest BCUT2D eigenvalue weighted by Gasteiger charge is 2.09. The minimum Gasteiger partial charge on any atom is -0.384 e. The van der Waals surface area contributed by atoms with E-state index < -0.39 is 6.10 Å². The summed E-state index contributed by atoms with van der Waals surface area (Å²) in [5.74, 6) is -0.377. The fourth-order valence-electron chi connectivity index (χ4n) is 0.422. The molecule has 4 N–H and O–H groups in total. The van der Waals surface area contributed by atoms with E-state index in [0.29, 0.717) is 6.54 Å². The molecule has 0 fully saturated rings. The molecule has 0 aliphatic rings. The lowest BCUT2D eigenvalue weighted by molar-refractivity contribution is -0.129. The van der Waals surface area contributed by atoms with Crippen molar-refractivity contribution in [3.05, 3.63) is 0 Å². The lowest BCUT2D eigenvalue weighted by Crippen LogP contribution is -2.42. The van der Waals surface area contributed by atoms with Gasteiger partial charge in [0.05, 0.1) is 0 Å². The van der Waals surface area contributed by atoms with Gasteiger partial charge >= 0.3 is 0 Å². The molecule has 0 rings (SSSR count). The van der Waals surface area contributed by atoms with Crippen LogP contribution in [0.3, 0.4) is 0 Å². The van der Waals surface area contributed by atoms with Crippen LogP contribution in [0.25, 0.3) is 0 Å². The van der Waals surface area contributed by atoms with Gasteiger partial charge in [-0.1, -0.05) is 0 Å². The van der Waals surface area contributed by atoms with Crippen molar-refractivity contribution in [3.8, 4) is 0 Å². The van der Waals surface area contributed by atoms with Gasteiger partial charge in [0.1, 0.15) is 6.10 Å². The Bertz CT molecular complexity index is 114. The largest absolute Gasteiger partial charge is 0.384 e. The monoisotopic (exact) mass is 146 g/mol. The third-order valence-corrected chi connectivity index (χ3v) is 1.12. The fourth-order valence-corrected chi connectivity index (χ4v) is 0.422. The number of nitrogens with two attached hydrogens (primary N) is 1. The molecule has 0 aliphatic heterocycles. The topological polar surface area (TPSA) is 75.3 Å². The number of hydrogen-bond donors (Lipinski definition) is 3.